The molecule has 84 valence electrons. The molecule has 2 aromatic rings. The van der Waals surface area contributed by atoms with Gasteiger partial charge in [0.2, 0.25) is 0 Å². The largest absolute Gasteiger partial charge is 2.00 e. The van der Waals surface area contributed by atoms with Gasteiger partial charge in [-0.05, 0) is 11.5 Å². The molecule has 0 radical (unpaired) electrons. The second kappa shape index (κ2) is 5.11. The van der Waals surface area contributed by atoms with Crippen LogP contribution in [0.2, 0.25) is 0 Å². The van der Waals surface area contributed by atoms with Gasteiger partial charge < -0.3 is 7.96 Å². The van der Waals surface area contributed by atoms with Gasteiger partial charge in [-0.2, -0.15) is 0 Å². The Morgan fingerprint density at radius 3 is 2.47 bits per heavy atom. The van der Waals surface area contributed by atoms with E-state index in [9.17, 15) is 14.9 Å². The number of nitrogens with zero attached hydrogens (tertiary/aromatic N) is 1. The van der Waals surface area contributed by atoms with Crippen LogP contribution in [0.5, 0.6) is 0 Å². The number of carboxylic acids is 1. The summed E-state index contributed by atoms with van der Waals surface area (Å²) in [6.07, 6.45) is 0. The maximum absolute atomic E-state index is 11.0. The van der Waals surface area contributed by atoms with Crippen LogP contribution in [-0.2, 0) is 0 Å². The molecule has 0 aliphatic carbocycles. The van der Waals surface area contributed by atoms with E-state index in [4.69, 9.17) is 5.11 Å². The molecule has 2 rings (SSSR count). The summed E-state index contributed by atoms with van der Waals surface area (Å²) in [5, 5.41) is 20.8. The Labute approximate surface area is 115 Å². The van der Waals surface area contributed by atoms with Crippen LogP contribution >= 0.6 is 0 Å². The third-order valence-electron chi connectivity index (χ3n) is 2.32. The Morgan fingerprint density at radius 1 is 1.24 bits per heavy atom. The first-order valence-corrected chi connectivity index (χ1v) is 4.50. The number of carboxylic acid groups (broad SMARTS) is 1. The van der Waals surface area contributed by atoms with E-state index in [0.29, 0.717) is 10.8 Å². The van der Waals surface area contributed by atoms with Crippen molar-refractivity contribution in [3.8, 4) is 0 Å². The van der Waals surface area contributed by atoms with Crippen LogP contribution in [0.3, 0.4) is 0 Å². The van der Waals surface area contributed by atoms with Crippen LogP contribution < -0.4 is 0 Å². The maximum Gasteiger partial charge on any atom is 2.00 e. The minimum atomic E-state index is -1.29. The second-order valence-corrected chi connectivity index (χ2v) is 3.24. The van der Waals surface area contributed by atoms with Gasteiger partial charge in [0.15, 0.2) is 0 Å². The van der Waals surface area contributed by atoms with E-state index in [1.165, 1.54) is 6.07 Å². The van der Waals surface area contributed by atoms with Gasteiger partial charge in [0, 0.05) is 11.5 Å². The van der Waals surface area contributed by atoms with Crippen LogP contribution in [0.25, 0.3) is 10.8 Å². The molecular formula is C11H9MgNO4. The number of benzene rings is 2. The molecule has 17 heavy (non-hydrogen) atoms. The number of nitro groups is 1. The van der Waals surface area contributed by atoms with Crippen molar-refractivity contribution in [3.63, 3.8) is 0 Å². The summed E-state index contributed by atoms with van der Waals surface area (Å²) in [7, 11) is 0. The molecule has 2 aromatic carbocycles. The monoisotopic (exact) mass is 243 g/mol. The molecule has 0 spiro atoms. The second-order valence-electron chi connectivity index (χ2n) is 3.24. The zero-order valence-corrected chi connectivity index (χ0v) is 10.2. The molecule has 0 saturated heterocycles. The number of hydrogen-bond acceptors (Lipinski definition) is 3. The van der Waals surface area contributed by atoms with Crippen molar-refractivity contribution in [2.75, 3.05) is 0 Å². The van der Waals surface area contributed by atoms with Crippen molar-refractivity contribution in [1.82, 2.24) is 0 Å². The Morgan fingerprint density at radius 2 is 1.88 bits per heavy atom. The standard InChI is InChI=1S/C11H7NO4.Mg.2H/c13-11(14)10-8-4-2-1-3-7(8)5-6-9(10)12(15)16;;;/h1-6H,(H,13,14);;;/q;+2;2*-1. The van der Waals surface area contributed by atoms with E-state index in [1.807, 2.05) is 0 Å². The summed E-state index contributed by atoms with van der Waals surface area (Å²) in [6, 6.07) is 9.43. The van der Waals surface area contributed by atoms with Crippen LogP contribution in [0.4, 0.5) is 5.69 Å². The molecule has 0 heterocycles. The summed E-state index contributed by atoms with van der Waals surface area (Å²) in [6.45, 7) is 0. The number of carbonyl (C=O) groups is 1. The maximum atomic E-state index is 11.0. The number of hydrogen-bond donors (Lipinski definition) is 1. The predicted octanol–water partition coefficient (Wildman–Crippen LogP) is 2.29. The third-order valence-corrected chi connectivity index (χ3v) is 2.32. The number of nitro benzene ring substituents is 1. The van der Waals surface area contributed by atoms with Crippen LogP contribution in [-0.4, -0.2) is 39.1 Å². The topological polar surface area (TPSA) is 80.4 Å². The van der Waals surface area contributed by atoms with Crippen LogP contribution in [0.15, 0.2) is 36.4 Å². The molecule has 0 amide bonds. The zero-order chi connectivity index (χ0) is 11.7. The molecule has 5 nitrogen and oxygen atoms in total. The molecule has 6 heteroatoms. The van der Waals surface area contributed by atoms with E-state index < -0.39 is 10.9 Å². The molecule has 0 atom stereocenters. The van der Waals surface area contributed by atoms with E-state index in [-0.39, 0.29) is 37.2 Å². The minimum absolute atomic E-state index is 0. The third kappa shape index (κ3) is 2.37. The molecule has 0 unspecified atom stereocenters. The van der Waals surface area contributed by atoms with E-state index in [1.54, 1.807) is 30.3 Å². The molecule has 0 aromatic heterocycles. The number of aromatic carboxylic acids is 1. The fourth-order valence-corrected chi connectivity index (χ4v) is 1.64. The molecule has 0 bridgehead atoms. The van der Waals surface area contributed by atoms with Crippen molar-refractivity contribution < 1.29 is 17.7 Å². The average Bonchev–Trinajstić information content (AvgIpc) is 2.27. The summed E-state index contributed by atoms with van der Waals surface area (Å²) in [4.78, 5) is 21.1. The quantitative estimate of drug-likeness (QED) is 0.498. The minimum Gasteiger partial charge on any atom is -1.00 e. The van der Waals surface area contributed by atoms with Gasteiger partial charge in [0.25, 0.3) is 5.69 Å². The van der Waals surface area contributed by atoms with Crippen LogP contribution in [0, 0.1) is 10.1 Å². The summed E-state index contributed by atoms with van der Waals surface area (Å²) < 4.78 is 0. The molecule has 1 N–H and O–H groups in total. The van der Waals surface area contributed by atoms with Crippen molar-refractivity contribution in [2.45, 2.75) is 0 Å². The van der Waals surface area contributed by atoms with E-state index in [2.05, 4.69) is 0 Å². The van der Waals surface area contributed by atoms with Crippen LogP contribution in [0.1, 0.15) is 13.2 Å². The van der Waals surface area contributed by atoms with Gasteiger partial charge in [0.05, 0.1) is 4.92 Å². The Hall–Kier alpha value is -1.66. The number of fused-ring (bicyclic) bond motifs is 1. The first-order valence-electron chi connectivity index (χ1n) is 4.50. The van der Waals surface area contributed by atoms with Gasteiger partial charge in [-0.15, -0.1) is 0 Å². The molecule has 0 aliphatic rings. The van der Waals surface area contributed by atoms with Gasteiger partial charge in [-0.25, -0.2) is 4.79 Å². The first kappa shape index (κ1) is 13.4. The van der Waals surface area contributed by atoms with Gasteiger partial charge in [0.1, 0.15) is 5.56 Å². The Bertz CT molecular complexity index is 606. The smallest absolute Gasteiger partial charge is 1.00 e. The Kier molecular flexibility index (Phi) is 4.03. The zero-order valence-electron chi connectivity index (χ0n) is 10.8. The average molecular weight is 244 g/mol. The Balaban J connectivity index is 0. The van der Waals surface area contributed by atoms with Gasteiger partial charge in [-0.1, -0.05) is 24.3 Å². The first-order chi connectivity index (χ1) is 7.61. The molecule has 0 saturated carbocycles. The van der Waals surface area contributed by atoms with Gasteiger partial charge in [-0.3, -0.25) is 10.1 Å². The summed E-state index contributed by atoms with van der Waals surface area (Å²) in [5.74, 6) is -1.29. The fraction of sp³-hybridized carbons (Fsp3) is 0. The van der Waals surface area contributed by atoms with Gasteiger partial charge >= 0.3 is 29.0 Å². The molecule has 0 fully saturated rings. The molecular weight excluding hydrogens is 234 g/mol. The van der Waals surface area contributed by atoms with Crippen molar-refractivity contribution in [3.05, 3.63) is 52.1 Å². The SMILES string of the molecule is O=C(O)c1c([N+](=O)[O-])ccc2ccccc12.[H-].[H-].[Mg+2]. The normalized spacial score (nSPS) is 9.65. The van der Waals surface area contributed by atoms with Crippen molar-refractivity contribution in [1.29, 1.82) is 0 Å². The number of rotatable bonds is 2. The van der Waals surface area contributed by atoms with E-state index in [0.717, 1.165) is 0 Å². The van der Waals surface area contributed by atoms with Crippen molar-refractivity contribution >= 4 is 45.5 Å². The summed E-state index contributed by atoms with van der Waals surface area (Å²) >= 11 is 0. The summed E-state index contributed by atoms with van der Waals surface area (Å²) in [5.41, 5.74) is -0.644. The van der Waals surface area contributed by atoms with E-state index >= 15 is 0 Å². The fourth-order valence-electron chi connectivity index (χ4n) is 1.64. The predicted molar refractivity (Wildman–Crippen MR) is 65.5 cm³/mol. The van der Waals surface area contributed by atoms with Crippen molar-refractivity contribution in [2.24, 2.45) is 0 Å². The molecule has 0 aliphatic heterocycles.